The molecule has 0 bridgehead atoms. The third-order valence-electron chi connectivity index (χ3n) is 2.60. The van der Waals surface area contributed by atoms with Gasteiger partial charge in [0.25, 0.3) is 5.91 Å². The molecule has 0 saturated carbocycles. The lowest BCUT2D eigenvalue weighted by atomic mass is 10.3. The van der Waals surface area contributed by atoms with Crippen LogP contribution in [0.4, 0.5) is 5.82 Å². The van der Waals surface area contributed by atoms with Gasteiger partial charge in [-0.3, -0.25) is 14.9 Å². The number of rotatable bonds is 3. The van der Waals surface area contributed by atoms with Crippen LogP contribution < -0.4 is 5.32 Å². The predicted octanol–water partition coefficient (Wildman–Crippen LogP) is 1.97. The molecule has 3 aromatic rings. The summed E-state index contributed by atoms with van der Waals surface area (Å²) in [4.78, 5) is 27.6. The van der Waals surface area contributed by atoms with Crippen LogP contribution in [0.1, 0.15) is 20.2 Å². The zero-order valence-corrected chi connectivity index (χ0v) is 10.8. The topological polar surface area (TPSA) is 108 Å². The summed E-state index contributed by atoms with van der Waals surface area (Å²) in [7, 11) is 0. The Hall–Kier alpha value is -2.74. The van der Waals surface area contributed by atoms with Crippen molar-refractivity contribution in [2.24, 2.45) is 0 Å². The Morgan fingerprint density at radius 1 is 1.35 bits per heavy atom. The summed E-state index contributed by atoms with van der Waals surface area (Å²) in [5.41, 5.74) is 0.261. The van der Waals surface area contributed by atoms with E-state index in [0.717, 1.165) is 11.3 Å². The summed E-state index contributed by atoms with van der Waals surface area (Å²) in [6.45, 7) is 0. The van der Waals surface area contributed by atoms with Crippen molar-refractivity contribution in [1.29, 1.82) is 0 Å². The molecule has 3 aromatic heterocycles. The van der Waals surface area contributed by atoms with Crippen LogP contribution in [0.15, 0.2) is 30.5 Å². The Morgan fingerprint density at radius 2 is 2.20 bits per heavy atom. The number of aromatic carboxylic acids is 1. The molecule has 0 fully saturated rings. The Labute approximate surface area is 116 Å². The summed E-state index contributed by atoms with van der Waals surface area (Å²) in [6.07, 6.45) is 1.52. The highest BCUT2D eigenvalue weighted by Gasteiger charge is 2.16. The van der Waals surface area contributed by atoms with Crippen molar-refractivity contribution >= 4 is 39.2 Å². The number of thiophene rings is 1. The van der Waals surface area contributed by atoms with Crippen LogP contribution in [-0.2, 0) is 0 Å². The summed E-state index contributed by atoms with van der Waals surface area (Å²) in [6, 6.07) is 6.46. The average Bonchev–Trinajstić information content (AvgIpc) is 3.02. The van der Waals surface area contributed by atoms with Gasteiger partial charge in [-0.05, 0) is 18.2 Å². The molecule has 0 atom stereocenters. The number of hydrogen-bond acceptors (Lipinski definition) is 5. The van der Waals surface area contributed by atoms with E-state index in [2.05, 4.69) is 20.5 Å². The average molecular weight is 288 g/mol. The van der Waals surface area contributed by atoms with Gasteiger partial charge in [-0.15, -0.1) is 11.3 Å². The standard InChI is InChI=1S/C12H8N4O3S/c17-10(7-3-1-2-4-13-7)14-9-6-5-8(12(18)19)20-11(6)16-15-9/h1-5H,(H,18,19)(H2,14,15,16,17). The number of carbonyl (C=O) groups excluding carboxylic acids is 1. The van der Waals surface area contributed by atoms with Crippen molar-refractivity contribution in [3.63, 3.8) is 0 Å². The molecule has 0 aromatic carbocycles. The van der Waals surface area contributed by atoms with Crippen LogP contribution >= 0.6 is 11.3 Å². The highest BCUT2D eigenvalue weighted by atomic mass is 32.1. The lowest BCUT2D eigenvalue weighted by Crippen LogP contribution is -2.13. The van der Waals surface area contributed by atoms with Crippen molar-refractivity contribution in [3.8, 4) is 0 Å². The van der Waals surface area contributed by atoms with Gasteiger partial charge in [-0.25, -0.2) is 4.79 Å². The first-order chi connectivity index (χ1) is 9.65. The Bertz CT molecular complexity index is 794. The van der Waals surface area contributed by atoms with Gasteiger partial charge in [0.2, 0.25) is 0 Å². The Kier molecular flexibility index (Phi) is 2.92. The van der Waals surface area contributed by atoms with Crippen molar-refractivity contribution in [2.45, 2.75) is 0 Å². The lowest BCUT2D eigenvalue weighted by Gasteiger charge is -2.00. The number of H-pyrrole nitrogens is 1. The molecular formula is C12H8N4O3S. The van der Waals surface area contributed by atoms with Gasteiger partial charge in [0.15, 0.2) is 5.82 Å². The number of nitrogens with one attached hydrogen (secondary N) is 2. The number of carboxylic acids is 1. The van der Waals surface area contributed by atoms with Crippen LogP contribution in [0.2, 0.25) is 0 Å². The first-order valence-corrected chi connectivity index (χ1v) is 6.40. The highest BCUT2D eigenvalue weighted by Crippen LogP contribution is 2.29. The molecule has 0 spiro atoms. The third kappa shape index (κ3) is 2.12. The zero-order chi connectivity index (χ0) is 14.1. The van der Waals surface area contributed by atoms with Crippen molar-refractivity contribution in [1.82, 2.24) is 15.2 Å². The number of aromatic nitrogens is 3. The number of anilines is 1. The maximum Gasteiger partial charge on any atom is 0.345 e. The molecule has 3 N–H and O–H groups in total. The summed E-state index contributed by atoms with van der Waals surface area (Å²) >= 11 is 1.06. The number of hydrogen-bond donors (Lipinski definition) is 3. The van der Waals surface area contributed by atoms with E-state index in [9.17, 15) is 9.59 Å². The Balaban J connectivity index is 1.91. The highest BCUT2D eigenvalue weighted by molar-refractivity contribution is 7.20. The monoisotopic (exact) mass is 288 g/mol. The van der Waals surface area contributed by atoms with Crippen LogP contribution in [0, 0.1) is 0 Å². The minimum atomic E-state index is -1.01. The quantitative estimate of drug-likeness (QED) is 0.683. The molecule has 3 heterocycles. The number of pyridine rings is 1. The molecule has 8 heteroatoms. The SMILES string of the molecule is O=C(Nc1n[nH]c2sc(C(=O)O)cc12)c1ccccn1. The van der Waals surface area contributed by atoms with Gasteiger partial charge < -0.3 is 10.4 Å². The molecule has 20 heavy (non-hydrogen) atoms. The molecule has 3 rings (SSSR count). The number of carboxylic acid groups (broad SMARTS) is 1. The van der Waals surface area contributed by atoms with E-state index in [4.69, 9.17) is 5.11 Å². The Morgan fingerprint density at radius 3 is 2.90 bits per heavy atom. The largest absolute Gasteiger partial charge is 0.477 e. The van der Waals surface area contributed by atoms with Gasteiger partial charge >= 0.3 is 5.97 Å². The van der Waals surface area contributed by atoms with Gasteiger partial charge in [0, 0.05) is 6.20 Å². The van der Waals surface area contributed by atoms with E-state index in [0.29, 0.717) is 16.0 Å². The number of amides is 1. The number of carbonyl (C=O) groups is 2. The third-order valence-corrected chi connectivity index (χ3v) is 3.62. The van der Waals surface area contributed by atoms with Gasteiger partial charge in [-0.1, -0.05) is 6.07 Å². The fourth-order valence-electron chi connectivity index (χ4n) is 1.69. The molecule has 0 aliphatic carbocycles. The van der Waals surface area contributed by atoms with Gasteiger partial charge in [-0.2, -0.15) is 5.10 Å². The first kappa shape index (κ1) is 12.3. The second-order valence-electron chi connectivity index (χ2n) is 3.90. The maximum atomic E-state index is 12.0. The summed E-state index contributed by atoms with van der Waals surface area (Å²) in [5, 5.41) is 18.7. The molecule has 0 aliphatic heterocycles. The molecule has 0 radical (unpaired) electrons. The lowest BCUT2D eigenvalue weighted by molar-refractivity contribution is 0.0702. The fraction of sp³-hybridized carbons (Fsp3) is 0. The number of fused-ring (bicyclic) bond motifs is 1. The van der Waals surface area contributed by atoms with Crippen molar-refractivity contribution < 1.29 is 14.7 Å². The van der Waals surface area contributed by atoms with E-state index in [1.807, 2.05) is 0 Å². The molecule has 7 nitrogen and oxygen atoms in total. The summed E-state index contributed by atoms with van der Waals surface area (Å²) in [5.74, 6) is -1.12. The minimum absolute atomic E-state index is 0.182. The van der Waals surface area contributed by atoms with E-state index >= 15 is 0 Å². The molecular weight excluding hydrogens is 280 g/mol. The molecule has 0 saturated heterocycles. The zero-order valence-electron chi connectivity index (χ0n) is 9.95. The van der Waals surface area contributed by atoms with Crippen LogP contribution in [0.3, 0.4) is 0 Å². The molecule has 100 valence electrons. The number of aromatic amines is 1. The van der Waals surface area contributed by atoms with Crippen LogP contribution in [0.5, 0.6) is 0 Å². The molecule has 0 unspecified atom stereocenters. The van der Waals surface area contributed by atoms with E-state index < -0.39 is 11.9 Å². The predicted molar refractivity (Wildman–Crippen MR) is 73.1 cm³/mol. The smallest absolute Gasteiger partial charge is 0.345 e. The van der Waals surface area contributed by atoms with Gasteiger partial charge in [0.05, 0.1) is 5.39 Å². The first-order valence-electron chi connectivity index (χ1n) is 5.59. The minimum Gasteiger partial charge on any atom is -0.477 e. The second kappa shape index (κ2) is 4.74. The molecule has 0 aliphatic rings. The second-order valence-corrected chi connectivity index (χ2v) is 4.95. The van der Waals surface area contributed by atoms with E-state index in [-0.39, 0.29) is 10.6 Å². The van der Waals surface area contributed by atoms with Crippen molar-refractivity contribution in [3.05, 3.63) is 41.0 Å². The maximum absolute atomic E-state index is 12.0. The van der Waals surface area contributed by atoms with Crippen LogP contribution in [0.25, 0.3) is 10.2 Å². The van der Waals surface area contributed by atoms with Crippen molar-refractivity contribution in [2.75, 3.05) is 5.32 Å². The molecule has 1 amide bonds. The number of nitrogens with zero attached hydrogens (tertiary/aromatic N) is 2. The normalized spacial score (nSPS) is 10.6. The van der Waals surface area contributed by atoms with E-state index in [1.165, 1.54) is 12.3 Å². The van der Waals surface area contributed by atoms with Gasteiger partial charge in [0.1, 0.15) is 15.4 Å². The fourth-order valence-corrected chi connectivity index (χ4v) is 2.53. The summed E-state index contributed by atoms with van der Waals surface area (Å²) < 4.78 is 0. The van der Waals surface area contributed by atoms with E-state index in [1.54, 1.807) is 18.2 Å². The van der Waals surface area contributed by atoms with Crippen LogP contribution in [-0.4, -0.2) is 32.2 Å².